The highest BCUT2D eigenvalue weighted by Crippen LogP contribution is 2.22. The van der Waals surface area contributed by atoms with E-state index in [2.05, 4.69) is 26.6 Å². The first-order valence-electron chi connectivity index (χ1n) is 8.36. The van der Waals surface area contributed by atoms with Gasteiger partial charge in [0, 0.05) is 23.1 Å². The van der Waals surface area contributed by atoms with Crippen LogP contribution in [-0.4, -0.2) is 43.0 Å². The molecule has 7 heteroatoms. The summed E-state index contributed by atoms with van der Waals surface area (Å²) in [5, 5.41) is 5.42. The smallest absolute Gasteiger partial charge is 0.243 e. The number of carbonyl (C=O) groups excluding carboxylic acids is 2. The molecule has 0 unspecified atom stereocenters. The van der Waals surface area contributed by atoms with Crippen molar-refractivity contribution in [3.8, 4) is 5.75 Å². The van der Waals surface area contributed by atoms with Crippen LogP contribution in [-0.2, 0) is 16.1 Å². The van der Waals surface area contributed by atoms with E-state index in [0.29, 0.717) is 25.4 Å². The van der Waals surface area contributed by atoms with E-state index in [4.69, 9.17) is 4.74 Å². The lowest BCUT2D eigenvalue weighted by Crippen LogP contribution is -2.40. The van der Waals surface area contributed by atoms with Crippen LogP contribution in [0.4, 0.5) is 5.69 Å². The van der Waals surface area contributed by atoms with Gasteiger partial charge in [-0.2, -0.15) is 0 Å². The molecule has 2 aromatic rings. The fourth-order valence-corrected chi connectivity index (χ4v) is 3.09. The lowest BCUT2D eigenvalue weighted by atomic mass is 10.2. The number of nitrogens with one attached hydrogen (secondary N) is 2. The van der Waals surface area contributed by atoms with Crippen LogP contribution in [0.1, 0.15) is 5.56 Å². The zero-order chi connectivity index (χ0) is 18.4. The van der Waals surface area contributed by atoms with E-state index in [1.165, 1.54) is 0 Å². The van der Waals surface area contributed by atoms with Gasteiger partial charge in [-0.25, -0.2) is 0 Å². The molecular weight excluding hydrogens is 398 g/mol. The number of benzene rings is 2. The normalized spacial score (nSPS) is 13.9. The molecule has 6 nitrogen and oxygen atoms in total. The second-order valence-corrected chi connectivity index (χ2v) is 6.83. The molecule has 0 spiro atoms. The summed E-state index contributed by atoms with van der Waals surface area (Å²) in [6.07, 6.45) is 0. The molecule has 136 valence electrons. The van der Waals surface area contributed by atoms with Crippen molar-refractivity contribution in [3.63, 3.8) is 0 Å². The van der Waals surface area contributed by atoms with Gasteiger partial charge in [-0.1, -0.05) is 30.3 Å². The van der Waals surface area contributed by atoms with Crippen molar-refractivity contribution in [3.05, 3.63) is 58.6 Å². The summed E-state index contributed by atoms with van der Waals surface area (Å²) in [6.45, 7) is 1.99. The molecule has 2 N–H and O–H groups in total. The van der Waals surface area contributed by atoms with Crippen molar-refractivity contribution in [2.24, 2.45) is 0 Å². The van der Waals surface area contributed by atoms with Crippen molar-refractivity contribution in [2.45, 2.75) is 6.54 Å². The van der Waals surface area contributed by atoms with Crippen molar-refractivity contribution < 1.29 is 14.3 Å². The summed E-state index contributed by atoms with van der Waals surface area (Å²) in [5.41, 5.74) is 1.73. The minimum Gasteiger partial charge on any atom is -0.492 e. The van der Waals surface area contributed by atoms with Crippen molar-refractivity contribution in [1.29, 1.82) is 0 Å². The number of anilines is 1. The van der Waals surface area contributed by atoms with Crippen LogP contribution in [0, 0.1) is 0 Å². The standard InChI is InChI=1S/C19H20BrN3O3/c20-15-6-2-3-7-16(15)22-18(24)11-21-19(25)13-23-9-10-26-17-8-4-1-5-14(17)12-23/h1-8H,9-13H2,(H,21,25)(H,22,24). The molecule has 0 bridgehead atoms. The van der Waals surface area contributed by atoms with E-state index in [1.54, 1.807) is 6.07 Å². The highest BCUT2D eigenvalue weighted by Gasteiger charge is 2.17. The van der Waals surface area contributed by atoms with E-state index >= 15 is 0 Å². The van der Waals surface area contributed by atoms with Crippen LogP contribution in [0.3, 0.4) is 0 Å². The molecule has 1 heterocycles. The van der Waals surface area contributed by atoms with Gasteiger partial charge < -0.3 is 15.4 Å². The fourth-order valence-electron chi connectivity index (χ4n) is 2.71. The third-order valence-corrected chi connectivity index (χ3v) is 4.68. The van der Waals surface area contributed by atoms with Crippen LogP contribution in [0.25, 0.3) is 0 Å². The summed E-state index contributed by atoms with van der Waals surface area (Å²) in [5.74, 6) is 0.407. The van der Waals surface area contributed by atoms with Gasteiger partial charge in [0.1, 0.15) is 12.4 Å². The fraction of sp³-hybridized carbons (Fsp3) is 0.263. The first-order valence-corrected chi connectivity index (χ1v) is 9.15. The zero-order valence-electron chi connectivity index (χ0n) is 14.2. The molecule has 2 amide bonds. The highest BCUT2D eigenvalue weighted by atomic mass is 79.9. The maximum atomic E-state index is 12.2. The average Bonchev–Trinajstić information content (AvgIpc) is 2.83. The Balaban J connectivity index is 1.47. The van der Waals surface area contributed by atoms with Crippen LogP contribution in [0.5, 0.6) is 5.75 Å². The average molecular weight is 418 g/mol. The number of amides is 2. The molecule has 0 radical (unpaired) electrons. The molecule has 0 aliphatic carbocycles. The van der Waals surface area contributed by atoms with Crippen LogP contribution >= 0.6 is 15.9 Å². The molecule has 26 heavy (non-hydrogen) atoms. The molecule has 0 atom stereocenters. The number of carbonyl (C=O) groups is 2. The Morgan fingerprint density at radius 1 is 1.08 bits per heavy atom. The van der Waals surface area contributed by atoms with E-state index in [-0.39, 0.29) is 24.9 Å². The molecule has 1 aliphatic rings. The molecule has 2 aromatic carbocycles. The predicted octanol–water partition coefficient (Wildman–Crippen LogP) is 2.40. The lowest BCUT2D eigenvalue weighted by molar-refractivity contribution is -0.125. The molecule has 0 fully saturated rings. The van der Waals surface area contributed by atoms with E-state index in [1.807, 2.05) is 47.4 Å². The van der Waals surface area contributed by atoms with Gasteiger partial charge in [-0.05, 0) is 34.1 Å². The predicted molar refractivity (Wildman–Crippen MR) is 103 cm³/mol. The summed E-state index contributed by atoms with van der Waals surface area (Å²) < 4.78 is 6.49. The Morgan fingerprint density at radius 3 is 2.69 bits per heavy atom. The summed E-state index contributed by atoms with van der Waals surface area (Å²) in [6, 6.07) is 15.2. The minimum absolute atomic E-state index is 0.0684. The monoisotopic (exact) mass is 417 g/mol. The SMILES string of the molecule is O=C(CN1CCOc2ccccc2C1)NCC(=O)Nc1ccccc1Br. The molecule has 3 rings (SSSR count). The van der Waals surface area contributed by atoms with Crippen molar-refractivity contribution >= 4 is 33.4 Å². The molecule has 1 aliphatic heterocycles. The molecular formula is C19H20BrN3O3. The van der Waals surface area contributed by atoms with Crippen LogP contribution in [0.15, 0.2) is 53.0 Å². The first kappa shape index (κ1) is 18.4. The third-order valence-electron chi connectivity index (χ3n) is 3.99. The maximum Gasteiger partial charge on any atom is 0.243 e. The van der Waals surface area contributed by atoms with Crippen molar-refractivity contribution in [2.75, 3.05) is 31.6 Å². The molecule has 0 saturated carbocycles. The van der Waals surface area contributed by atoms with Crippen molar-refractivity contribution in [1.82, 2.24) is 10.2 Å². The minimum atomic E-state index is -0.269. The van der Waals surface area contributed by atoms with E-state index < -0.39 is 0 Å². The van der Waals surface area contributed by atoms with Crippen LogP contribution < -0.4 is 15.4 Å². The van der Waals surface area contributed by atoms with Gasteiger partial charge in [0.2, 0.25) is 11.8 Å². The lowest BCUT2D eigenvalue weighted by Gasteiger charge is -2.18. The van der Waals surface area contributed by atoms with Crippen LogP contribution in [0.2, 0.25) is 0 Å². The van der Waals surface area contributed by atoms with E-state index in [9.17, 15) is 9.59 Å². The number of nitrogens with zero attached hydrogens (tertiary/aromatic N) is 1. The maximum absolute atomic E-state index is 12.2. The second kappa shape index (κ2) is 8.82. The first-order chi connectivity index (χ1) is 12.6. The Bertz CT molecular complexity index is 797. The van der Waals surface area contributed by atoms with Gasteiger partial charge in [0.25, 0.3) is 0 Å². The summed E-state index contributed by atoms with van der Waals surface area (Å²) in [4.78, 5) is 26.2. The van der Waals surface area contributed by atoms with Gasteiger partial charge in [-0.15, -0.1) is 0 Å². The number of fused-ring (bicyclic) bond motifs is 1. The van der Waals surface area contributed by atoms with Gasteiger partial charge in [0.15, 0.2) is 0 Å². The number of hydrogen-bond donors (Lipinski definition) is 2. The summed E-state index contributed by atoms with van der Waals surface area (Å²) in [7, 11) is 0. The Hall–Kier alpha value is -2.38. The summed E-state index contributed by atoms with van der Waals surface area (Å²) >= 11 is 3.37. The van der Waals surface area contributed by atoms with E-state index in [0.717, 1.165) is 15.8 Å². The number of hydrogen-bond acceptors (Lipinski definition) is 4. The number of ether oxygens (including phenoxy) is 1. The number of para-hydroxylation sites is 2. The zero-order valence-corrected chi connectivity index (χ0v) is 15.8. The topological polar surface area (TPSA) is 70.7 Å². The van der Waals surface area contributed by atoms with Gasteiger partial charge in [-0.3, -0.25) is 14.5 Å². The highest BCUT2D eigenvalue weighted by molar-refractivity contribution is 9.10. The Labute approximate surface area is 160 Å². The molecule has 0 aromatic heterocycles. The Morgan fingerprint density at radius 2 is 1.85 bits per heavy atom. The number of halogens is 1. The quantitative estimate of drug-likeness (QED) is 0.783. The Kier molecular flexibility index (Phi) is 6.25. The molecule has 0 saturated heterocycles. The number of rotatable bonds is 5. The second-order valence-electron chi connectivity index (χ2n) is 5.97. The largest absolute Gasteiger partial charge is 0.492 e. The van der Waals surface area contributed by atoms with Gasteiger partial charge >= 0.3 is 0 Å². The third kappa shape index (κ3) is 5.06. The van der Waals surface area contributed by atoms with Gasteiger partial charge in [0.05, 0.1) is 18.8 Å².